The molecule has 0 aliphatic carbocycles. The number of hydrogen-bond acceptors (Lipinski definition) is 3. The van der Waals surface area contributed by atoms with Crippen LogP contribution < -0.4 is 5.73 Å². The molecule has 1 aliphatic rings. The van der Waals surface area contributed by atoms with E-state index in [4.69, 9.17) is 5.73 Å². The van der Waals surface area contributed by atoms with E-state index in [0.29, 0.717) is 6.42 Å². The van der Waals surface area contributed by atoms with Crippen molar-refractivity contribution in [1.82, 2.24) is 4.31 Å². The summed E-state index contributed by atoms with van der Waals surface area (Å²) in [6.45, 7) is 2.43. The smallest absolute Gasteiger partial charge is 0.327 e. The molecule has 2 unspecified atom stereocenters. The first kappa shape index (κ1) is 19.2. The molecule has 0 radical (unpaired) electrons. The van der Waals surface area contributed by atoms with Crippen molar-refractivity contribution in [2.45, 2.75) is 30.5 Å². The SMILES string of the molecule is CC1CN(S(=O)(=O)c2ccc(C(F)(F)F)cc2)CCC1N.Cl. The number of piperidine rings is 1. The Labute approximate surface area is 133 Å². The van der Waals surface area contributed by atoms with E-state index in [-0.39, 0.29) is 42.4 Å². The van der Waals surface area contributed by atoms with E-state index in [0.717, 1.165) is 24.3 Å². The quantitative estimate of drug-likeness (QED) is 0.883. The molecule has 9 heteroatoms. The second-order valence-electron chi connectivity index (χ2n) is 5.32. The zero-order chi connectivity index (χ0) is 15.8. The second kappa shape index (κ2) is 6.74. The highest BCUT2D eigenvalue weighted by atomic mass is 35.5. The summed E-state index contributed by atoms with van der Waals surface area (Å²) < 4.78 is 63.6. The molecule has 1 aromatic rings. The molecule has 0 saturated carbocycles. The molecule has 1 aliphatic heterocycles. The molecular formula is C13H18ClF3N2O2S. The van der Waals surface area contributed by atoms with E-state index < -0.39 is 21.8 Å². The summed E-state index contributed by atoms with van der Waals surface area (Å²) in [7, 11) is -3.77. The maximum Gasteiger partial charge on any atom is 0.416 e. The van der Waals surface area contributed by atoms with Crippen molar-refractivity contribution in [1.29, 1.82) is 0 Å². The molecule has 1 fully saturated rings. The number of halogens is 4. The third-order valence-electron chi connectivity index (χ3n) is 3.75. The topological polar surface area (TPSA) is 63.4 Å². The Morgan fingerprint density at radius 2 is 1.77 bits per heavy atom. The van der Waals surface area contributed by atoms with Gasteiger partial charge in [-0.05, 0) is 36.6 Å². The van der Waals surface area contributed by atoms with Gasteiger partial charge >= 0.3 is 6.18 Å². The normalized spacial score (nSPS) is 23.9. The highest BCUT2D eigenvalue weighted by Crippen LogP contribution is 2.30. The number of hydrogen-bond donors (Lipinski definition) is 1. The molecule has 4 nitrogen and oxygen atoms in total. The van der Waals surface area contributed by atoms with Gasteiger partial charge < -0.3 is 5.73 Å². The molecule has 2 atom stereocenters. The fourth-order valence-electron chi connectivity index (χ4n) is 2.31. The monoisotopic (exact) mass is 358 g/mol. The van der Waals surface area contributed by atoms with Gasteiger partial charge in [0.15, 0.2) is 0 Å². The van der Waals surface area contributed by atoms with Crippen molar-refractivity contribution in [3.63, 3.8) is 0 Å². The van der Waals surface area contributed by atoms with E-state index in [1.807, 2.05) is 6.92 Å². The zero-order valence-electron chi connectivity index (χ0n) is 11.9. The number of nitrogens with zero attached hydrogens (tertiary/aromatic N) is 1. The average Bonchev–Trinajstić information content (AvgIpc) is 2.41. The van der Waals surface area contributed by atoms with Crippen LogP contribution >= 0.6 is 12.4 Å². The van der Waals surface area contributed by atoms with E-state index in [1.165, 1.54) is 4.31 Å². The van der Waals surface area contributed by atoms with E-state index >= 15 is 0 Å². The van der Waals surface area contributed by atoms with Crippen LogP contribution in [0.15, 0.2) is 29.2 Å². The molecule has 1 saturated heterocycles. The van der Waals surface area contributed by atoms with Gasteiger partial charge in [0.1, 0.15) is 0 Å². The minimum absolute atomic E-state index is 0. The molecule has 2 rings (SSSR count). The molecular weight excluding hydrogens is 341 g/mol. The summed E-state index contributed by atoms with van der Waals surface area (Å²) in [6.07, 6.45) is -3.93. The lowest BCUT2D eigenvalue weighted by Gasteiger charge is -2.34. The average molecular weight is 359 g/mol. The van der Waals surface area contributed by atoms with Crippen molar-refractivity contribution < 1.29 is 21.6 Å². The summed E-state index contributed by atoms with van der Waals surface area (Å²) in [4.78, 5) is -0.127. The lowest BCUT2D eigenvalue weighted by atomic mass is 9.96. The highest BCUT2D eigenvalue weighted by molar-refractivity contribution is 7.89. The number of rotatable bonds is 2. The molecule has 22 heavy (non-hydrogen) atoms. The first-order valence-electron chi connectivity index (χ1n) is 6.55. The van der Waals surface area contributed by atoms with Crippen LogP contribution in [0.5, 0.6) is 0 Å². The van der Waals surface area contributed by atoms with Crippen LogP contribution in [0.4, 0.5) is 13.2 Å². The van der Waals surface area contributed by atoms with Crippen molar-refractivity contribution in [3.05, 3.63) is 29.8 Å². The second-order valence-corrected chi connectivity index (χ2v) is 7.25. The Balaban J connectivity index is 0.00000242. The summed E-state index contributed by atoms with van der Waals surface area (Å²) in [5, 5.41) is 0. The Hall–Kier alpha value is -0.830. The molecule has 0 spiro atoms. The number of benzene rings is 1. The molecule has 0 aromatic heterocycles. The van der Waals surface area contributed by atoms with Crippen molar-refractivity contribution in [3.8, 4) is 0 Å². The number of nitrogens with two attached hydrogens (primary N) is 1. The van der Waals surface area contributed by atoms with Crippen LogP contribution in [0, 0.1) is 5.92 Å². The van der Waals surface area contributed by atoms with Crippen LogP contribution in [0.1, 0.15) is 18.9 Å². The van der Waals surface area contributed by atoms with Gasteiger partial charge in [-0.1, -0.05) is 6.92 Å². The molecule has 1 aromatic carbocycles. The largest absolute Gasteiger partial charge is 0.416 e. The molecule has 0 amide bonds. The van der Waals surface area contributed by atoms with Crippen LogP contribution in [-0.2, 0) is 16.2 Å². The van der Waals surface area contributed by atoms with Gasteiger partial charge in [-0.25, -0.2) is 8.42 Å². The van der Waals surface area contributed by atoms with Gasteiger partial charge in [0.2, 0.25) is 10.0 Å². The Morgan fingerprint density at radius 3 is 2.23 bits per heavy atom. The first-order valence-corrected chi connectivity index (χ1v) is 7.99. The van der Waals surface area contributed by atoms with Crippen LogP contribution in [-0.4, -0.2) is 31.9 Å². The van der Waals surface area contributed by atoms with Gasteiger partial charge in [0.25, 0.3) is 0 Å². The number of alkyl halides is 3. The molecule has 2 N–H and O–H groups in total. The maximum absolute atomic E-state index is 12.5. The molecule has 1 heterocycles. The maximum atomic E-state index is 12.5. The van der Waals surface area contributed by atoms with Gasteiger partial charge in [0, 0.05) is 19.1 Å². The van der Waals surface area contributed by atoms with Crippen molar-refractivity contribution in [2.24, 2.45) is 11.7 Å². The Bertz CT molecular complexity index is 605. The fourth-order valence-corrected chi connectivity index (χ4v) is 3.86. The van der Waals surface area contributed by atoms with Gasteiger partial charge in [0.05, 0.1) is 10.5 Å². The van der Waals surface area contributed by atoms with E-state index in [9.17, 15) is 21.6 Å². The highest BCUT2D eigenvalue weighted by Gasteiger charge is 2.34. The molecule has 0 bridgehead atoms. The van der Waals surface area contributed by atoms with Gasteiger partial charge in [-0.2, -0.15) is 17.5 Å². The van der Waals surface area contributed by atoms with Gasteiger partial charge in [-0.3, -0.25) is 0 Å². The first-order chi connectivity index (χ1) is 9.62. The lowest BCUT2D eigenvalue weighted by molar-refractivity contribution is -0.137. The standard InChI is InChI=1S/C13H17F3N2O2S.ClH/c1-9-8-18(7-6-12(9)17)21(19,20)11-4-2-10(3-5-11)13(14,15)16;/h2-5,9,12H,6-8,17H2,1H3;1H. The minimum atomic E-state index is -4.48. The number of sulfonamides is 1. The lowest BCUT2D eigenvalue weighted by Crippen LogP contribution is -2.48. The summed E-state index contributed by atoms with van der Waals surface area (Å²) in [6, 6.07) is 3.51. The zero-order valence-corrected chi connectivity index (χ0v) is 13.5. The minimum Gasteiger partial charge on any atom is -0.327 e. The van der Waals surface area contributed by atoms with Gasteiger partial charge in [-0.15, -0.1) is 12.4 Å². The van der Waals surface area contributed by atoms with E-state index in [1.54, 1.807) is 0 Å². The third kappa shape index (κ3) is 3.92. The van der Waals surface area contributed by atoms with Crippen LogP contribution in [0.3, 0.4) is 0 Å². The predicted molar refractivity (Wildman–Crippen MR) is 79.2 cm³/mol. The van der Waals surface area contributed by atoms with E-state index in [2.05, 4.69) is 0 Å². The third-order valence-corrected chi connectivity index (χ3v) is 5.63. The van der Waals surface area contributed by atoms with Crippen LogP contribution in [0.25, 0.3) is 0 Å². The summed E-state index contributed by atoms with van der Waals surface area (Å²) >= 11 is 0. The Kier molecular flexibility index (Phi) is 5.88. The Morgan fingerprint density at radius 1 is 1.23 bits per heavy atom. The van der Waals surface area contributed by atoms with Crippen LogP contribution in [0.2, 0.25) is 0 Å². The van der Waals surface area contributed by atoms with Crippen molar-refractivity contribution in [2.75, 3.05) is 13.1 Å². The summed E-state index contributed by atoms with van der Waals surface area (Å²) in [5.41, 5.74) is 4.98. The molecule has 126 valence electrons. The summed E-state index contributed by atoms with van der Waals surface area (Å²) in [5.74, 6) is 0.0166. The predicted octanol–water partition coefficient (Wildman–Crippen LogP) is 2.49. The fraction of sp³-hybridized carbons (Fsp3) is 0.538. The van der Waals surface area contributed by atoms with Crippen molar-refractivity contribution >= 4 is 22.4 Å².